The Bertz CT molecular complexity index is 407. The van der Waals surface area contributed by atoms with E-state index in [1.165, 1.54) is 12.8 Å². The Balaban J connectivity index is 1.87. The summed E-state index contributed by atoms with van der Waals surface area (Å²) in [6.45, 7) is 1.35. The van der Waals surface area contributed by atoms with Crippen molar-refractivity contribution in [3.8, 4) is 0 Å². The van der Waals surface area contributed by atoms with Crippen molar-refractivity contribution in [1.29, 1.82) is 0 Å². The number of halogens is 2. The molecule has 3 N–H and O–H groups in total. The van der Waals surface area contributed by atoms with Gasteiger partial charge in [0.15, 0.2) is 23.3 Å². The van der Waals surface area contributed by atoms with Gasteiger partial charge in [0.25, 0.3) is 0 Å². The van der Waals surface area contributed by atoms with Gasteiger partial charge in [0, 0.05) is 25.2 Å². The fraction of sp³-hybridized carbons (Fsp3) is 0.545. The minimum absolute atomic E-state index is 0.00750. The second kappa shape index (κ2) is 4.83. The van der Waals surface area contributed by atoms with Crippen molar-refractivity contribution >= 4 is 11.6 Å². The first kappa shape index (κ1) is 12.0. The van der Waals surface area contributed by atoms with E-state index in [1.807, 2.05) is 7.05 Å². The van der Waals surface area contributed by atoms with Crippen molar-refractivity contribution in [2.75, 3.05) is 31.2 Å². The molecule has 0 spiro atoms. The lowest BCUT2D eigenvalue weighted by Gasteiger charge is -2.16. The van der Waals surface area contributed by atoms with E-state index in [9.17, 15) is 8.78 Å². The number of aromatic nitrogens is 1. The highest BCUT2D eigenvalue weighted by Gasteiger charge is 2.25. The Hall–Kier alpha value is -1.43. The average molecular weight is 242 g/mol. The van der Waals surface area contributed by atoms with Gasteiger partial charge in [0.1, 0.15) is 0 Å². The summed E-state index contributed by atoms with van der Waals surface area (Å²) in [5.74, 6) is -1.83. The van der Waals surface area contributed by atoms with Crippen LogP contribution in [0.15, 0.2) is 6.07 Å². The van der Waals surface area contributed by atoms with E-state index >= 15 is 0 Å². The van der Waals surface area contributed by atoms with Gasteiger partial charge in [-0.15, -0.1) is 0 Å². The van der Waals surface area contributed by atoms with Gasteiger partial charge in [0.05, 0.1) is 0 Å². The number of hydrogen-bond donors (Lipinski definition) is 2. The number of hydrogen-bond acceptors (Lipinski definition) is 4. The quantitative estimate of drug-likeness (QED) is 0.820. The van der Waals surface area contributed by atoms with E-state index in [4.69, 9.17) is 5.73 Å². The van der Waals surface area contributed by atoms with Crippen LogP contribution in [0.2, 0.25) is 0 Å². The van der Waals surface area contributed by atoms with Gasteiger partial charge in [-0.25, -0.2) is 13.8 Å². The molecule has 0 bridgehead atoms. The molecule has 4 nitrogen and oxygen atoms in total. The van der Waals surface area contributed by atoms with Crippen molar-refractivity contribution in [3.63, 3.8) is 0 Å². The molecule has 1 aliphatic carbocycles. The van der Waals surface area contributed by atoms with Crippen LogP contribution >= 0.6 is 0 Å². The van der Waals surface area contributed by atoms with Gasteiger partial charge in [-0.3, -0.25) is 0 Å². The number of nitrogens with one attached hydrogen (secondary N) is 1. The summed E-state index contributed by atoms with van der Waals surface area (Å²) in [6, 6.07) is 1.41. The van der Waals surface area contributed by atoms with E-state index in [0.29, 0.717) is 12.6 Å². The summed E-state index contributed by atoms with van der Waals surface area (Å²) in [6.07, 6.45) is 2.46. The predicted octanol–water partition coefficient (Wildman–Crippen LogP) is 1.45. The molecule has 1 aromatic heterocycles. The smallest absolute Gasteiger partial charge is 0.168 e. The molecule has 0 unspecified atom stereocenters. The Kier molecular flexibility index (Phi) is 3.42. The lowest BCUT2D eigenvalue weighted by molar-refractivity contribution is 0.337. The van der Waals surface area contributed by atoms with Crippen LogP contribution in [0, 0.1) is 11.6 Å². The van der Waals surface area contributed by atoms with Crippen LogP contribution in [0.4, 0.5) is 20.4 Å². The minimum atomic E-state index is -0.830. The first-order valence-corrected chi connectivity index (χ1v) is 5.63. The van der Waals surface area contributed by atoms with Crippen molar-refractivity contribution in [2.45, 2.75) is 18.9 Å². The molecule has 1 heterocycles. The van der Waals surface area contributed by atoms with Crippen LogP contribution < -0.4 is 11.1 Å². The molecule has 1 saturated carbocycles. The van der Waals surface area contributed by atoms with Gasteiger partial charge in [-0.2, -0.15) is 0 Å². The SMILES string of the molecule is CN(CCNc1nc(N)c(F)cc1F)C1CC1. The standard InChI is InChI=1S/C11H16F2N4/c1-17(7-2-3-7)5-4-15-11-9(13)6-8(12)10(14)16-11/h6-7H,2-5H2,1H3,(H3,14,15,16). The predicted molar refractivity (Wildman–Crippen MR) is 62.7 cm³/mol. The molecule has 1 fully saturated rings. The molecule has 17 heavy (non-hydrogen) atoms. The van der Waals surface area contributed by atoms with Crippen molar-refractivity contribution in [2.24, 2.45) is 0 Å². The Morgan fingerprint density at radius 2 is 2.18 bits per heavy atom. The number of pyridine rings is 1. The van der Waals surface area contributed by atoms with Crippen LogP contribution in [0.1, 0.15) is 12.8 Å². The highest BCUT2D eigenvalue weighted by atomic mass is 19.1. The maximum Gasteiger partial charge on any atom is 0.168 e. The third-order valence-electron chi connectivity index (χ3n) is 2.88. The van der Waals surface area contributed by atoms with Gasteiger partial charge in [-0.05, 0) is 19.9 Å². The molecule has 0 aliphatic heterocycles. The van der Waals surface area contributed by atoms with Crippen LogP contribution in [0.3, 0.4) is 0 Å². The van der Waals surface area contributed by atoms with Gasteiger partial charge in [-0.1, -0.05) is 0 Å². The van der Waals surface area contributed by atoms with E-state index in [0.717, 1.165) is 12.6 Å². The third kappa shape index (κ3) is 3.03. The van der Waals surface area contributed by atoms with Crippen molar-refractivity contribution in [3.05, 3.63) is 17.7 Å². The highest BCUT2D eigenvalue weighted by molar-refractivity contribution is 5.44. The zero-order valence-corrected chi connectivity index (χ0v) is 9.71. The Morgan fingerprint density at radius 1 is 1.47 bits per heavy atom. The number of nitrogens with zero attached hydrogens (tertiary/aromatic N) is 2. The molecular weight excluding hydrogens is 226 g/mol. The third-order valence-corrected chi connectivity index (χ3v) is 2.88. The van der Waals surface area contributed by atoms with Crippen LogP contribution in [0.5, 0.6) is 0 Å². The molecule has 94 valence electrons. The number of nitrogens with two attached hydrogens (primary N) is 1. The Morgan fingerprint density at radius 3 is 2.82 bits per heavy atom. The summed E-state index contributed by atoms with van der Waals surface area (Å²) in [7, 11) is 2.03. The number of anilines is 2. The first-order chi connectivity index (χ1) is 8.08. The van der Waals surface area contributed by atoms with Crippen LogP contribution in [-0.2, 0) is 0 Å². The van der Waals surface area contributed by atoms with Gasteiger partial charge >= 0.3 is 0 Å². The zero-order valence-electron chi connectivity index (χ0n) is 9.71. The van der Waals surface area contributed by atoms with Gasteiger partial charge in [0.2, 0.25) is 0 Å². The molecule has 0 saturated heterocycles. The summed E-state index contributed by atoms with van der Waals surface area (Å²) in [5, 5.41) is 2.82. The summed E-state index contributed by atoms with van der Waals surface area (Å²) >= 11 is 0. The lowest BCUT2D eigenvalue weighted by atomic mass is 10.4. The molecule has 2 rings (SSSR count). The van der Waals surface area contributed by atoms with E-state index in [1.54, 1.807) is 0 Å². The normalized spacial score (nSPS) is 15.3. The van der Waals surface area contributed by atoms with Crippen molar-refractivity contribution in [1.82, 2.24) is 9.88 Å². The first-order valence-electron chi connectivity index (χ1n) is 5.63. The fourth-order valence-electron chi connectivity index (χ4n) is 1.65. The molecule has 0 aromatic carbocycles. The number of nitrogen functional groups attached to an aromatic ring is 1. The molecule has 1 aromatic rings. The molecule has 0 amide bonds. The number of rotatable bonds is 5. The van der Waals surface area contributed by atoms with Crippen LogP contribution in [0.25, 0.3) is 0 Å². The highest BCUT2D eigenvalue weighted by Crippen LogP contribution is 2.24. The zero-order chi connectivity index (χ0) is 12.4. The van der Waals surface area contributed by atoms with E-state index in [2.05, 4.69) is 15.2 Å². The topological polar surface area (TPSA) is 54.2 Å². The van der Waals surface area contributed by atoms with E-state index in [-0.39, 0.29) is 11.6 Å². The molecule has 0 atom stereocenters. The van der Waals surface area contributed by atoms with Crippen LogP contribution in [-0.4, -0.2) is 36.1 Å². The largest absolute Gasteiger partial charge is 0.381 e. The monoisotopic (exact) mass is 242 g/mol. The molecule has 0 radical (unpaired) electrons. The second-order valence-corrected chi connectivity index (χ2v) is 4.32. The van der Waals surface area contributed by atoms with E-state index < -0.39 is 11.6 Å². The summed E-state index contributed by atoms with van der Waals surface area (Å²) in [4.78, 5) is 5.83. The lowest BCUT2D eigenvalue weighted by Crippen LogP contribution is -2.27. The second-order valence-electron chi connectivity index (χ2n) is 4.32. The minimum Gasteiger partial charge on any atom is -0.381 e. The van der Waals surface area contributed by atoms with Crippen molar-refractivity contribution < 1.29 is 8.78 Å². The average Bonchev–Trinajstić information content (AvgIpc) is 3.09. The molecular formula is C11H16F2N4. The van der Waals surface area contributed by atoms with Gasteiger partial charge < -0.3 is 16.0 Å². The molecule has 6 heteroatoms. The maximum absolute atomic E-state index is 13.3. The number of likely N-dealkylation sites (N-methyl/N-ethyl adjacent to an activating group) is 1. The molecule has 1 aliphatic rings. The Labute approximate surface area is 98.8 Å². The fourth-order valence-corrected chi connectivity index (χ4v) is 1.65. The maximum atomic E-state index is 13.3. The summed E-state index contributed by atoms with van der Waals surface area (Å²) in [5.41, 5.74) is 5.28. The summed E-state index contributed by atoms with van der Waals surface area (Å²) < 4.78 is 26.2.